The molecular weight excluding hydrogens is 180 g/mol. The molecule has 0 aromatic carbocycles. The van der Waals surface area contributed by atoms with Gasteiger partial charge in [-0.15, -0.1) is 0 Å². The SMILES string of the molecule is CC(C)(O)C(C)(C)O.Cc1ccn[nH]1. The van der Waals surface area contributed by atoms with Crippen molar-refractivity contribution in [3.8, 4) is 0 Å². The number of aromatic nitrogens is 2. The van der Waals surface area contributed by atoms with Crippen molar-refractivity contribution in [2.24, 2.45) is 0 Å². The lowest BCUT2D eigenvalue weighted by Crippen LogP contribution is -2.44. The Morgan fingerprint density at radius 3 is 1.64 bits per heavy atom. The molecule has 1 aromatic heterocycles. The molecule has 0 fully saturated rings. The number of aliphatic hydroxyl groups is 2. The van der Waals surface area contributed by atoms with Gasteiger partial charge in [-0.05, 0) is 40.7 Å². The van der Waals surface area contributed by atoms with Gasteiger partial charge in [-0.3, -0.25) is 5.10 Å². The van der Waals surface area contributed by atoms with Crippen LogP contribution in [0.25, 0.3) is 0 Å². The molecule has 4 nitrogen and oxygen atoms in total. The first kappa shape index (κ1) is 13.1. The largest absolute Gasteiger partial charge is 0.387 e. The number of hydrogen-bond acceptors (Lipinski definition) is 3. The van der Waals surface area contributed by atoms with Crippen molar-refractivity contribution in [1.29, 1.82) is 0 Å². The monoisotopic (exact) mass is 200 g/mol. The summed E-state index contributed by atoms with van der Waals surface area (Å²) in [5, 5.41) is 24.7. The molecule has 1 aromatic rings. The van der Waals surface area contributed by atoms with Crippen molar-refractivity contribution < 1.29 is 10.2 Å². The van der Waals surface area contributed by atoms with E-state index in [-0.39, 0.29) is 0 Å². The third-order valence-electron chi connectivity index (χ3n) is 2.14. The van der Waals surface area contributed by atoms with Gasteiger partial charge in [-0.25, -0.2) is 0 Å². The van der Waals surface area contributed by atoms with E-state index in [1.807, 2.05) is 13.0 Å². The van der Waals surface area contributed by atoms with Gasteiger partial charge in [-0.1, -0.05) is 0 Å². The van der Waals surface area contributed by atoms with Crippen LogP contribution in [0.5, 0.6) is 0 Å². The number of aromatic amines is 1. The molecule has 0 spiro atoms. The first-order chi connectivity index (χ1) is 6.14. The van der Waals surface area contributed by atoms with Gasteiger partial charge in [0.25, 0.3) is 0 Å². The summed E-state index contributed by atoms with van der Waals surface area (Å²) in [5.41, 5.74) is -0.907. The Balaban J connectivity index is 0.000000249. The third-order valence-corrected chi connectivity index (χ3v) is 2.14. The van der Waals surface area contributed by atoms with E-state index in [0.717, 1.165) is 5.69 Å². The zero-order valence-corrected chi connectivity index (χ0v) is 9.50. The maximum absolute atomic E-state index is 9.10. The summed E-state index contributed by atoms with van der Waals surface area (Å²) in [6.07, 6.45) is 1.73. The molecule has 1 heterocycles. The molecule has 0 saturated heterocycles. The Hall–Kier alpha value is -0.870. The second kappa shape index (κ2) is 4.57. The highest BCUT2D eigenvalue weighted by Crippen LogP contribution is 2.19. The molecule has 82 valence electrons. The fourth-order valence-corrected chi connectivity index (χ4v) is 0.325. The van der Waals surface area contributed by atoms with Crippen LogP contribution in [0.4, 0.5) is 0 Å². The van der Waals surface area contributed by atoms with Crippen LogP contribution in [-0.4, -0.2) is 31.6 Å². The van der Waals surface area contributed by atoms with Crippen LogP contribution in [0.15, 0.2) is 12.3 Å². The maximum Gasteiger partial charge on any atom is 0.0872 e. The van der Waals surface area contributed by atoms with E-state index in [4.69, 9.17) is 10.2 Å². The molecule has 4 heteroatoms. The minimum absolute atomic E-state index is 1.01. The smallest absolute Gasteiger partial charge is 0.0872 e. The van der Waals surface area contributed by atoms with E-state index in [9.17, 15) is 0 Å². The van der Waals surface area contributed by atoms with E-state index >= 15 is 0 Å². The second-order valence-electron chi connectivity index (χ2n) is 4.36. The Kier molecular flexibility index (Phi) is 4.29. The van der Waals surface area contributed by atoms with Crippen molar-refractivity contribution in [3.05, 3.63) is 18.0 Å². The van der Waals surface area contributed by atoms with Gasteiger partial charge in [0.15, 0.2) is 0 Å². The Morgan fingerprint density at radius 1 is 1.14 bits per heavy atom. The first-order valence-electron chi connectivity index (χ1n) is 4.55. The molecule has 14 heavy (non-hydrogen) atoms. The van der Waals surface area contributed by atoms with Gasteiger partial charge in [0, 0.05) is 11.9 Å². The average Bonchev–Trinajstić information content (AvgIpc) is 2.35. The Labute approximate surface area is 85.0 Å². The Morgan fingerprint density at radius 2 is 1.57 bits per heavy atom. The van der Waals surface area contributed by atoms with Crippen molar-refractivity contribution in [2.45, 2.75) is 45.8 Å². The molecule has 0 aliphatic carbocycles. The molecule has 0 atom stereocenters. The molecule has 0 amide bonds. The standard InChI is InChI=1S/C6H14O2.C4H6N2/c1-5(2,7)6(3,4)8;1-4-2-3-5-6-4/h7-8H,1-4H3;2-3H,1H3,(H,5,6). The predicted molar refractivity (Wildman–Crippen MR) is 55.9 cm³/mol. The van der Waals surface area contributed by atoms with Crippen LogP contribution in [0.1, 0.15) is 33.4 Å². The zero-order chi connectivity index (χ0) is 11.4. The second-order valence-corrected chi connectivity index (χ2v) is 4.36. The highest BCUT2D eigenvalue weighted by Gasteiger charge is 2.31. The van der Waals surface area contributed by atoms with Crippen LogP contribution in [0, 0.1) is 6.92 Å². The number of aryl methyl sites for hydroxylation is 1. The van der Waals surface area contributed by atoms with Gasteiger partial charge < -0.3 is 10.2 Å². The van der Waals surface area contributed by atoms with E-state index in [1.165, 1.54) is 0 Å². The summed E-state index contributed by atoms with van der Waals surface area (Å²) in [5.74, 6) is 0. The van der Waals surface area contributed by atoms with Crippen molar-refractivity contribution in [1.82, 2.24) is 10.2 Å². The molecule has 0 aliphatic rings. The summed E-state index contributed by atoms with van der Waals surface area (Å²) < 4.78 is 0. The Bertz CT molecular complexity index is 230. The number of hydrogen-bond donors (Lipinski definition) is 3. The van der Waals surface area contributed by atoms with E-state index in [0.29, 0.717) is 0 Å². The lowest BCUT2D eigenvalue weighted by Gasteiger charge is -2.31. The molecule has 0 aliphatic heterocycles. The van der Waals surface area contributed by atoms with E-state index in [1.54, 1.807) is 33.9 Å². The minimum atomic E-state index is -1.01. The van der Waals surface area contributed by atoms with Gasteiger partial charge >= 0.3 is 0 Å². The van der Waals surface area contributed by atoms with Gasteiger partial charge in [0.05, 0.1) is 11.2 Å². The summed E-state index contributed by atoms with van der Waals surface area (Å²) in [7, 11) is 0. The van der Waals surface area contributed by atoms with Crippen LogP contribution in [0.2, 0.25) is 0 Å². The molecule has 0 radical (unpaired) electrons. The van der Waals surface area contributed by atoms with Crippen molar-refractivity contribution in [2.75, 3.05) is 0 Å². The number of nitrogens with zero attached hydrogens (tertiary/aromatic N) is 1. The van der Waals surface area contributed by atoms with Gasteiger partial charge in [0.1, 0.15) is 0 Å². The van der Waals surface area contributed by atoms with Crippen molar-refractivity contribution >= 4 is 0 Å². The molecule has 3 N–H and O–H groups in total. The molecule has 0 unspecified atom stereocenters. The fourth-order valence-electron chi connectivity index (χ4n) is 0.325. The van der Waals surface area contributed by atoms with E-state index in [2.05, 4.69) is 10.2 Å². The lowest BCUT2D eigenvalue weighted by atomic mass is 9.90. The summed E-state index contributed by atoms with van der Waals surface area (Å²) in [6.45, 7) is 8.27. The number of rotatable bonds is 1. The highest BCUT2D eigenvalue weighted by atomic mass is 16.3. The van der Waals surface area contributed by atoms with Crippen LogP contribution < -0.4 is 0 Å². The molecule has 0 bridgehead atoms. The van der Waals surface area contributed by atoms with Crippen LogP contribution >= 0.6 is 0 Å². The summed E-state index contributed by atoms with van der Waals surface area (Å²) >= 11 is 0. The molecular formula is C10H20N2O2. The first-order valence-corrected chi connectivity index (χ1v) is 4.55. The fraction of sp³-hybridized carbons (Fsp3) is 0.700. The maximum atomic E-state index is 9.10. The van der Waals surface area contributed by atoms with Gasteiger partial charge in [-0.2, -0.15) is 5.10 Å². The highest BCUT2D eigenvalue weighted by molar-refractivity contribution is 4.92. The predicted octanol–water partition coefficient (Wildman–Crippen LogP) is 1.25. The van der Waals surface area contributed by atoms with E-state index < -0.39 is 11.2 Å². The normalized spacial score (nSPS) is 11.9. The quantitative estimate of drug-likeness (QED) is 0.639. The molecule has 0 saturated carbocycles. The summed E-state index contributed by atoms with van der Waals surface area (Å²) in [4.78, 5) is 0. The zero-order valence-electron chi connectivity index (χ0n) is 9.50. The van der Waals surface area contributed by atoms with Gasteiger partial charge in [0.2, 0.25) is 0 Å². The topological polar surface area (TPSA) is 69.1 Å². The average molecular weight is 200 g/mol. The van der Waals surface area contributed by atoms with Crippen LogP contribution in [-0.2, 0) is 0 Å². The molecule has 1 rings (SSSR count). The minimum Gasteiger partial charge on any atom is -0.387 e. The van der Waals surface area contributed by atoms with Crippen LogP contribution in [0.3, 0.4) is 0 Å². The van der Waals surface area contributed by atoms with Crippen molar-refractivity contribution in [3.63, 3.8) is 0 Å². The number of nitrogens with one attached hydrogen (secondary N) is 1. The third kappa shape index (κ3) is 4.99. The summed E-state index contributed by atoms with van der Waals surface area (Å²) in [6, 6.07) is 1.92. The lowest BCUT2D eigenvalue weighted by molar-refractivity contribution is -0.107. The number of H-pyrrole nitrogens is 1.